The molecule has 0 aromatic heterocycles. The first-order chi connectivity index (χ1) is 14.0. The SMILES string of the molecule is CC(C)(C)[SiH2]OC(C)(C)[C@H]1CC[C@@H](N2CCC(Cc3ccc(Br)cc3Cl)C2=O)CC1. The van der Waals surface area contributed by atoms with E-state index in [-0.39, 0.29) is 11.5 Å². The van der Waals surface area contributed by atoms with Crippen molar-refractivity contribution < 1.29 is 9.22 Å². The van der Waals surface area contributed by atoms with Crippen LogP contribution >= 0.6 is 27.5 Å². The van der Waals surface area contributed by atoms with Crippen molar-refractivity contribution in [2.24, 2.45) is 11.8 Å². The van der Waals surface area contributed by atoms with Crippen LogP contribution < -0.4 is 0 Å². The Morgan fingerprint density at radius 1 is 1.13 bits per heavy atom. The van der Waals surface area contributed by atoms with E-state index in [0.717, 1.165) is 60.1 Å². The van der Waals surface area contributed by atoms with Gasteiger partial charge in [-0.15, -0.1) is 0 Å². The molecule has 1 aromatic carbocycles. The van der Waals surface area contributed by atoms with Crippen molar-refractivity contribution in [3.63, 3.8) is 0 Å². The van der Waals surface area contributed by atoms with E-state index in [9.17, 15) is 4.79 Å². The molecule has 0 spiro atoms. The van der Waals surface area contributed by atoms with Gasteiger partial charge in [-0.25, -0.2) is 0 Å². The standard InChI is InChI=1S/C24H37BrClNO2Si/c1-23(2,3)30-29-24(4,5)18-7-10-20(11-8-18)27-13-12-17(22(27)28)14-16-6-9-19(25)15-21(16)26/h6,9,15,17-18,20H,7-8,10-14,30H2,1-5H3/t17?,18-,20+. The first-order valence-corrected chi connectivity index (χ1v) is 13.8. The molecule has 1 saturated carbocycles. The lowest BCUT2D eigenvalue weighted by Crippen LogP contribution is -2.45. The van der Waals surface area contributed by atoms with E-state index in [1.54, 1.807) is 0 Å². The summed E-state index contributed by atoms with van der Waals surface area (Å²) in [5.41, 5.74) is 1.03. The van der Waals surface area contributed by atoms with Gasteiger partial charge in [-0.2, -0.15) is 0 Å². The van der Waals surface area contributed by atoms with Gasteiger partial charge >= 0.3 is 0 Å². The van der Waals surface area contributed by atoms with E-state index in [0.29, 0.717) is 22.9 Å². The second kappa shape index (κ2) is 9.64. The minimum absolute atomic E-state index is 0.0413. The Hall–Kier alpha value is -0.363. The summed E-state index contributed by atoms with van der Waals surface area (Å²) in [7, 11) is -0.556. The predicted octanol–water partition coefficient (Wildman–Crippen LogP) is 6.15. The van der Waals surface area contributed by atoms with Crippen molar-refractivity contribution in [2.75, 3.05) is 6.54 Å². The summed E-state index contributed by atoms with van der Waals surface area (Å²) in [5.74, 6) is 0.991. The lowest BCUT2D eigenvalue weighted by Gasteiger charge is -2.42. The zero-order chi connectivity index (χ0) is 22.1. The molecule has 1 aliphatic carbocycles. The summed E-state index contributed by atoms with van der Waals surface area (Å²) in [6, 6.07) is 6.36. The Morgan fingerprint density at radius 3 is 2.40 bits per heavy atom. The third-order valence-corrected chi connectivity index (χ3v) is 9.43. The maximum atomic E-state index is 13.1. The van der Waals surface area contributed by atoms with E-state index in [2.05, 4.69) is 55.4 Å². The van der Waals surface area contributed by atoms with Crippen molar-refractivity contribution in [3.05, 3.63) is 33.3 Å². The van der Waals surface area contributed by atoms with Crippen molar-refractivity contribution in [3.8, 4) is 0 Å². The van der Waals surface area contributed by atoms with Crippen molar-refractivity contribution in [2.45, 2.75) is 89.8 Å². The molecule has 2 aliphatic rings. The van der Waals surface area contributed by atoms with Crippen LogP contribution in [-0.2, 0) is 15.6 Å². The van der Waals surface area contributed by atoms with Gasteiger partial charge in [-0.1, -0.05) is 54.4 Å². The number of hydrogen-bond donors (Lipinski definition) is 0. The van der Waals surface area contributed by atoms with Gasteiger partial charge in [0.15, 0.2) is 9.76 Å². The van der Waals surface area contributed by atoms with Crippen molar-refractivity contribution in [1.29, 1.82) is 0 Å². The quantitative estimate of drug-likeness (QED) is 0.426. The van der Waals surface area contributed by atoms with Gasteiger partial charge in [0.05, 0.1) is 5.60 Å². The molecular weight excluding hydrogens is 478 g/mol. The Morgan fingerprint density at radius 2 is 1.80 bits per heavy atom. The molecule has 0 bridgehead atoms. The minimum atomic E-state index is -0.556. The fourth-order valence-electron chi connectivity index (χ4n) is 4.87. The zero-order valence-electron chi connectivity index (χ0n) is 19.1. The maximum Gasteiger partial charge on any atom is 0.226 e. The molecule has 1 amide bonds. The smallest absolute Gasteiger partial charge is 0.226 e. The molecule has 3 nitrogen and oxygen atoms in total. The average molecular weight is 515 g/mol. The largest absolute Gasteiger partial charge is 0.418 e. The van der Waals surface area contributed by atoms with Crippen LogP contribution in [0.1, 0.15) is 72.3 Å². The summed E-state index contributed by atoms with van der Waals surface area (Å²) in [5, 5.41) is 1.07. The summed E-state index contributed by atoms with van der Waals surface area (Å²) >= 11 is 9.84. The molecule has 2 fully saturated rings. The van der Waals surface area contributed by atoms with Crippen LogP contribution in [0.25, 0.3) is 0 Å². The molecule has 6 heteroatoms. The number of carbonyl (C=O) groups is 1. The normalized spacial score (nSPS) is 26.2. The second-order valence-corrected chi connectivity index (χ2v) is 14.9. The zero-order valence-corrected chi connectivity index (χ0v) is 22.9. The van der Waals surface area contributed by atoms with E-state index in [1.165, 1.54) is 0 Å². The number of amides is 1. The Balaban J connectivity index is 1.53. The highest BCUT2D eigenvalue weighted by Crippen LogP contribution is 2.39. The number of benzene rings is 1. The van der Waals surface area contributed by atoms with Crippen LogP contribution in [0.4, 0.5) is 0 Å². The molecule has 1 unspecified atom stereocenters. The Bertz CT molecular complexity index is 756. The molecule has 1 saturated heterocycles. The van der Waals surface area contributed by atoms with Crippen LogP contribution in [0.2, 0.25) is 10.1 Å². The number of rotatable bonds is 6. The topological polar surface area (TPSA) is 29.5 Å². The molecule has 168 valence electrons. The molecule has 1 aromatic rings. The van der Waals surface area contributed by atoms with Crippen LogP contribution in [0.3, 0.4) is 0 Å². The monoisotopic (exact) mass is 513 g/mol. The third-order valence-electron chi connectivity index (χ3n) is 6.83. The van der Waals surface area contributed by atoms with E-state index in [4.69, 9.17) is 16.0 Å². The highest BCUT2D eigenvalue weighted by molar-refractivity contribution is 9.10. The predicted molar refractivity (Wildman–Crippen MR) is 132 cm³/mol. The van der Waals surface area contributed by atoms with Gasteiger partial charge in [0, 0.05) is 28.0 Å². The molecule has 30 heavy (non-hydrogen) atoms. The van der Waals surface area contributed by atoms with Gasteiger partial charge in [0.2, 0.25) is 5.91 Å². The second-order valence-electron chi connectivity index (χ2n) is 10.9. The molecular formula is C24H37BrClNO2Si. The third kappa shape index (κ3) is 6.11. The van der Waals surface area contributed by atoms with Gasteiger partial charge in [0.25, 0.3) is 0 Å². The minimum Gasteiger partial charge on any atom is -0.418 e. The van der Waals surface area contributed by atoms with Crippen LogP contribution in [0.5, 0.6) is 0 Å². The number of likely N-dealkylation sites (tertiary alicyclic amines) is 1. The van der Waals surface area contributed by atoms with Gasteiger partial charge in [-0.3, -0.25) is 4.79 Å². The van der Waals surface area contributed by atoms with Gasteiger partial charge in [-0.05, 0) is 81.0 Å². The first kappa shape index (κ1) is 24.3. The van der Waals surface area contributed by atoms with E-state index in [1.807, 2.05) is 18.2 Å². The van der Waals surface area contributed by atoms with Crippen molar-refractivity contribution >= 4 is 43.2 Å². The van der Waals surface area contributed by atoms with Crippen LogP contribution in [0, 0.1) is 11.8 Å². The highest BCUT2D eigenvalue weighted by atomic mass is 79.9. The van der Waals surface area contributed by atoms with Crippen LogP contribution in [0.15, 0.2) is 22.7 Å². The lowest BCUT2D eigenvalue weighted by molar-refractivity contribution is -0.133. The molecule has 0 N–H and O–H groups in total. The number of nitrogens with zero attached hydrogens (tertiary/aromatic N) is 1. The van der Waals surface area contributed by atoms with Gasteiger partial charge in [0.1, 0.15) is 0 Å². The average Bonchev–Trinajstić information content (AvgIpc) is 3.02. The fourth-order valence-corrected chi connectivity index (χ4v) is 6.66. The summed E-state index contributed by atoms with van der Waals surface area (Å²) in [4.78, 5) is 15.3. The Kier molecular flexibility index (Phi) is 7.80. The lowest BCUT2D eigenvalue weighted by atomic mass is 9.77. The first-order valence-electron chi connectivity index (χ1n) is 11.3. The number of carbonyl (C=O) groups excluding carboxylic acids is 1. The molecule has 1 atom stereocenters. The number of hydrogen-bond acceptors (Lipinski definition) is 2. The fraction of sp³-hybridized carbons (Fsp3) is 0.708. The van der Waals surface area contributed by atoms with Gasteiger partial charge < -0.3 is 9.33 Å². The number of halogens is 2. The Labute approximate surface area is 198 Å². The van der Waals surface area contributed by atoms with Crippen LogP contribution in [-0.4, -0.2) is 38.8 Å². The summed E-state index contributed by atoms with van der Waals surface area (Å²) in [6.07, 6.45) is 6.20. The van der Waals surface area contributed by atoms with Crippen molar-refractivity contribution in [1.82, 2.24) is 4.90 Å². The van der Waals surface area contributed by atoms with E-state index < -0.39 is 9.76 Å². The van der Waals surface area contributed by atoms with E-state index >= 15 is 0 Å². The maximum absolute atomic E-state index is 13.1. The summed E-state index contributed by atoms with van der Waals surface area (Å²) in [6.45, 7) is 12.3. The molecule has 1 heterocycles. The molecule has 3 rings (SSSR count). The highest BCUT2D eigenvalue weighted by Gasteiger charge is 2.40. The molecule has 0 radical (unpaired) electrons. The summed E-state index contributed by atoms with van der Waals surface area (Å²) < 4.78 is 7.44. The molecule has 1 aliphatic heterocycles.